The van der Waals surface area contributed by atoms with Crippen molar-refractivity contribution in [3.8, 4) is 5.75 Å². The van der Waals surface area contributed by atoms with Gasteiger partial charge in [-0.25, -0.2) is 4.99 Å². The lowest BCUT2D eigenvalue weighted by atomic mass is 10.3. The summed E-state index contributed by atoms with van der Waals surface area (Å²) in [5, 5.41) is 0. The number of amidine groups is 1. The van der Waals surface area contributed by atoms with Crippen molar-refractivity contribution in [3.05, 3.63) is 54.4 Å². The number of halogens is 1. The highest BCUT2D eigenvalue weighted by molar-refractivity contribution is 6.28. The van der Waals surface area contributed by atoms with Crippen LogP contribution in [-0.4, -0.2) is 16.7 Å². The van der Waals surface area contributed by atoms with Gasteiger partial charge in [0.2, 0.25) is 0 Å². The van der Waals surface area contributed by atoms with Gasteiger partial charge in [0.25, 0.3) is 0 Å². The van der Waals surface area contributed by atoms with Crippen LogP contribution in [-0.2, 0) is 6.61 Å². The van der Waals surface area contributed by atoms with E-state index in [1.807, 2.05) is 42.5 Å². The molecule has 98 valence electrons. The summed E-state index contributed by atoms with van der Waals surface area (Å²) in [7, 11) is 0. The van der Waals surface area contributed by atoms with Gasteiger partial charge in [0.15, 0.2) is 0 Å². The Balaban J connectivity index is 2.12. The Morgan fingerprint density at radius 3 is 2.74 bits per heavy atom. The van der Waals surface area contributed by atoms with Gasteiger partial charge in [0.05, 0.1) is 11.6 Å². The number of aliphatic imine (C=N–C) groups is 1. The summed E-state index contributed by atoms with van der Waals surface area (Å²) in [5.41, 5.74) is 7.15. The Bertz CT molecular complexity index is 558. The molecule has 0 bridgehead atoms. The van der Waals surface area contributed by atoms with E-state index in [9.17, 15) is 0 Å². The summed E-state index contributed by atoms with van der Waals surface area (Å²) in [6, 6.07) is 13.1. The van der Waals surface area contributed by atoms with E-state index in [0.717, 1.165) is 5.69 Å². The number of nitrogens with two attached hydrogens (primary N) is 1. The molecule has 2 aromatic rings. The Kier molecular flexibility index (Phi) is 4.75. The van der Waals surface area contributed by atoms with E-state index >= 15 is 0 Å². The molecule has 0 atom stereocenters. The third-order valence-corrected chi connectivity index (χ3v) is 2.64. The van der Waals surface area contributed by atoms with Gasteiger partial charge in [-0.05, 0) is 24.3 Å². The van der Waals surface area contributed by atoms with E-state index in [0.29, 0.717) is 23.9 Å². The van der Waals surface area contributed by atoms with Gasteiger partial charge in [0.1, 0.15) is 23.9 Å². The van der Waals surface area contributed by atoms with Crippen LogP contribution in [0.1, 0.15) is 5.69 Å². The number of hydrogen-bond acceptors (Lipinski definition) is 3. The molecule has 2 N–H and O–H groups in total. The van der Waals surface area contributed by atoms with Gasteiger partial charge in [-0.3, -0.25) is 4.98 Å². The van der Waals surface area contributed by atoms with Crippen LogP contribution in [0, 0.1) is 0 Å². The molecular formula is C14H14ClN3O. The van der Waals surface area contributed by atoms with E-state index in [1.165, 1.54) is 0 Å². The molecule has 1 aromatic heterocycles. The highest BCUT2D eigenvalue weighted by atomic mass is 35.5. The Labute approximate surface area is 116 Å². The van der Waals surface area contributed by atoms with Crippen LogP contribution in [0.15, 0.2) is 53.7 Å². The molecule has 5 heteroatoms. The van der Waals surface area contributed by atoms with Gasteiger partial charge < -0.3 is 10.5 Å². The Hall–Kier alpha value is -2.07. The van der Waals surface area contributed by atoms with Crippen LogP contribution in [0.4, 0.5) is 5.69 Å². The lowest BCUT2D eigenvalue weighted by molar-refractivity contribution is 0.302. The van der Waals surface area contributed by atoms with E-state index in [4.69, 9.17) is 22.1 Å². The largest absolute Gasteiger partial charge is 0.485 e. The quantitative estimate of drug-likeness (QED) is 0.518. The first-order valence-electron chi connectivity index (χ1n) is 5.80. The number of pyridine rings is 1. The van der Waals surface area contributed by atoms with Crippen molar-refractivity contribution in [1.29, 1.82) is 0 Å². The average molecular weight is 276 g/mol. The number of rotatable bonds is 5. The SMILES string of the molecule is NC(CCl)=Nc1ccccc1OCc1ccccn1. The van der Waals surface area contributed by atoms with E-state index < -0.39 is 0 Å². The first-order chi connectivity index (χ1) is 9.29. The first kappa shape index (κ1) is 13.4. The predicted octanol–water partition coefficient (Wildman–Crippen LogP) is 2.89. The molecule has 0 fully saturated rings. The van der Waals surface area contributed by atoms with Gasteiger partial charge in [-0.1, -0.05) is 18.2 Å². The maximum atomic E-state index is 5.70. The van der Waals surface area contributed by atoms with Crippen LogP contribution in [0.2, 0.25) is 0 Å². The third kappa shape index (κ3) is 3.96. The molecule has 0 amide bonds. The van der Waals surface area contributed by atoms with Crippen molar-refractivity contribution in [3.63, 3.8) is 0 Å². The second kappa shape index (κ2) is 6.75. The van der Waals surface area contributed by atoms with Crippen molar-refractivity contribution in [2.75, 3.05) is 5.88 Å². The van der Waals surface area contributed by atoms with Gasteiger partial charge in [0, 0.05) is 6.20 Å². The van der Waals surface area contributed by atoms with Gasteiger partial charge >= 0.3 is 0 Å². The average Bonchev–Trinajstić information content (AvgIpc) is 2.47. The zero-order valence-electron chi connectivity index (χ0n) is 10.3. The fourth-order valence-corrected chi connectivity index (χ4v) is 1.55. The Morgan fingerprint density at radius 2 is 2.00 bits per heavy atom. The maximum Gasteiger partial charge on any atom is 0.145 e. The summed E-state index contributed by atoms with van der Waals surface area (Å²) < 4.78 is 5.70. The van der Waals surface area contributed by atoms with Crippen molar-refractivity contribution in [2.24, 2.45) is 10.7 Å². The van der Waals surface area contributed by atoms with Crippen LogP contribution >= 0.6 is 11.6 Å². The second-order valence-corrected chi connectivity index (χ2v) is 4.08. The zero-order valence-corrected chi connectivity index (χ0v) is 11.0. The summed E-state index contributed by atoms with van der Waals surface area (Å²) in [4.78, 5) is 8.40. The second-order valence-electron chi connectivity index (χ2n) is 3.81. The number of para-hydroxylation sites is 2. The smallest absolute Gasteiger partial charge is 0.145 e. The summed E-state index contributed by atoms with van der Waals surface area (Å²) >= 11 is 5.62. The number of aromatic nitrogens is 1. The van der Waals surface area contributed by atoms with Crippen molar-refractivity contribution in [2.45, 2.75) is 6.61 Å². The lowest BCUT2D eigenvalue weighted by Gasteiger charge is -2.08. The number of hydrogen-bond donors (Lipinski definition) is 1. The molecule has 0 unspecified atom stereocenters. The molecule has 1 heterocycles. The topological polar surface area (TPSA) is 60.5 Å². The number of ether oxygens (including phenoxy) is 1. The molecule has 0 spiro atoms. The molecule has 4 nitrogen and oxygen atoms in total. The highest BCUT2D eigenvalue weighted by Gasteiger charge is 2.03. The van der Waals surface area contributed by atoms with Crippen LogP contribution in [0.5, 0.6) is 5.75 Å². The highest BCUT2D eigenvalue weighted by Crippen LogP contribution is 2.27. The van der Waals surface area contributed by atoms with Crippen molar-refractivity contribution >= 4 is 23.1 Å². The molecule has 19 heavy (non-hydrogen) atoms. The molecule has 0 saturated heterocycles. The number of benzene rings is 1. The van der Waals surface area contributed by atoms with E-state index in [1.54, 1.807) is 6.20 Å². The number of nitrogens with zero attached hydrogens (tertiary/aromatic N) is 2. The van der Waals surface area contributed by atoms with E-state index in [-0.39, 0.29) is 5.88 Å². The molecular weight excluding hydrogens is 262 g/mol. The first-order valence-corrected chi connectivity index (χ1v) is 6.34. The summed E-state index contributed by atoms with van der Waals surface area (Å²) in [6.45, 7) is 0.383. The minimum Gasteiger partial charge on any atom is -0.485 e. The fraction of sp³-hybridized carbons (Fsp3) is 0.143. The van der Waals surface area contributed by atoms with Gasteiger partial charge in [-0.15, -0.1) is 11.6 Å². The molecule has 0 aliphatic carbocycles. The van der Waals surface area contributed by atoms with E-state index in [2.05, 4.69) is 9.98 Å². The van der Waals surface area contributed by atoms with Crippen LogP contribution in [0.25, 0.3) is 0 Å². The number of alkyl halides is 1. The minimum absolute atomic E-state index is 0.189. The van der Waals surface area contributed by atoms with Crippen molar-refractivity contribution < 1.29 is 4.74 Å². The molecule has 2 rings (SSSR count). The molecule has 1 aromatic carbocycles. The molecule has 0 aliphatic rings. The predicted molar refractivity (Wildman–Crippen MR) is 77.0 cm³/mol. The molecule has 0 radical (unpaired) electrons. The summed E-state index contributed by atoms with van der Waals surface area (Å²) in [5.74, 6) is 1.20. The zero-order chi connectivity index (χ0) is 13.5. The lowest BCUT2D eigenvalue weighted by Crippen LogP contribution is -2.12. The Morgan fingerprint density at radius 1 is 1.21 bits per heavy atom. The third-order valence-electron chi connectivity index (χ3n) is 2.37. The minimum atomic E-state index is 0.189. The fourth-order valence-electron chi connectivity index (χ4n) is 1.49. The molecule has 0 saturated carbocycles. The monoisotopic (exact) mass is 275 g/mol. The van der Waals surface area contributed by atoms with Crippen molar-refractivity contribution in [1.82, 2.24) is 4.98 Å². The maximum absolute atomic E-state index is 5.70. The van der Waals surface area contributed by atoms with Crippen LogP contribution in [0.3, 0.4) is 0 Å². The van der Waals surface area contributed by atoms with Crippen LogP contribution < -0.4 is 10.5 Å². The molecule has 0 aliphatic heterocycles. The summed E-state index contributed by atoms with van der Waals surface area (Å²) in [6.07, 6.45) is 1.73. The normalized spacial score (nSPS) is 11.3. The standard InChI is InChI=1S/C14H14ClN3O/c15-9-14(16)18-12-6-1-2-7-13(12)19-10-11-5-3-4-8-17-11/h1-8H,9-10H2,(H2,16,18). The van der Waals surface area contributed by atoms with Gasteiger partial charge in [-0.2, -0.15) is 0 Å².